The number of anilines is 1. The third-order valence-electron chi connectivity index (χ3n) is 3.22. The van der Waals surface area contributed by atoms with E-state index in [4.69, 9.17) is 0 Å². The van der Waals surface area contributed by atoms with Crippen LogP contribution in [0.3, 0.4) is 0 Å². The van der Waals surface area contributed by atoms with Gasteiger partial charge in [-0.05, 0) is 19.9 Å². The Bertz CT molecular complexity index is 872. The van der Waals surface area contributed by atoms with E-state index in [1.54, 1.807) is 0 Å². The van der Waals surface area contributed by atoms with Crippen LogP contribution in [0.15, 0.2) is 29.4 Å². The second-order valence-corrected chi connectivity index (χ2v) is 7.32. The zero-order valence-electron chi connectivity index (χ0n) is 13.5. The molecule has 0 aliphatic rings. The molecule has 0 saturated heterocycles. The Kier molecular flexibility index (Phi) is 4.91. The Morgan fingerprint density at radius 1 is 1.25 bits per heavy atom. The van der Waals surface area contributed by atoms with Gasteiger partial charge in [0.2, 0.25) is 11.0 Å². The number of rotatable bonds is 5. The van der Waals surface area contributed by atoms with Crippen molar-refractivity contribution in [2.45, 2.75) is 19.0 Å². The highest BCUT2D eigenvalue weighted by atomic mass is 32.2. The first-order valence-electron chi connectivity index (χ1n) is 7.22. The summed E-state index contributed by atoms with van der Waals surface area (Å²) >= 11 is 2.68. The molecule has 0 spiro atoms. The van der Waals surface area contributed by atoms with Gasteiger partial charge in [-0.15, -0.1) is 20.4 Å². The second-order valence-electron chi connectivity index (χ2n) is 5.20. The van der Waals surface area contributed by atoms with Crippen LogP contribution in [0.2, 0.25) is 0 Å². The maximum atomic E-state index is 12.0. The summed E-state index contributed by atoms with van der Waals surface area (Å²) < 4.78 is 1.89. The molecule has 3 rings (SSSR count). The quantitative estimate of drug-likeness (QED) is 0.704. The normalized spacial score (nSPS) is 10.8. The van der Waals surface area contributed by atoms with Crippen LogP contribution in [-0.2, 0) is 11.8 Å². The summed E-state index contributed by atoms with van der Waals surface area (Å²) in [4.78, 5) is 12.0. The Labute approximate surface area is 147 Å². The van der Waals surface area contributed by atoms with Crippen LogP contribution in [0.1, 0.15) is 10.6 Å². The molecule has 0 atom stereocenters. The van der Waals surface area contributed by atoms with E-state index in [0.29, 0.717) is 10.3 Å². The zero-order chi connectivity index (χ0) is 17.1. The van der Waals surface area contributed by atoms with Gasteiger partial charge >= 0.3 is 0 Å². The number of carbonyl (C=O) groups is 1. The number of nitrogens with zero attached hydrogens (tertiary/aromatic N) is 5. The van der Waals surface area contributed by atoms with Crippen molar-refractivity contribution in [2.24, 2.45) is 7.05 Å². The molecule has 9 heteroatoms. The molecule has 1 aromatic carbocycles. The lowest BCUT2D eigenvalue weighted by Crippen LogP contribution is -2.14. The van der Waals surface area contributed by atoms with Crippen LogP contribution in [0.25, 0.3) is 11.4 Å². The topological polar surface area (TPSA) is 85.6 Å². The predicted molar refractivity (Wildman–Crippen MR) is 95.2 cm³/mol. The number of aryl methyl sites for hydroxylation is 2. The Morgan fingerprint density at radius 3 is 2.79 bits per heavy atom. The van der Waals surface area contributed by atoms with E-state index < -0.39 is 0 Å². The molecule has 0 radical (unpaired) electrons. The maximum absolute atomic E-state index is 12.0. The Hall–Kier alpha value is -2.26. The smallest absolute Gasteiger partial charge is 0.236 e. The van der Waals surface area contributed by atoms with E-state index in [9.17, 15) is 4.79 Å². The molecule has 2 aromatic heterocycles. The number of aromatic nitrogens is 5. The van der Waals surface area contributed by atoms with E-state index in [1.807, 2.05) is 43.7 Å². The molecule has 24 heavy (non-hydrogen) atoms. The number of hydrogen-bond acceptors (Lipinski definition) is 7. The lowest BCUT2D eigenvalue weighted by atomic mass is 10.1. The molecule has 0 unspecified atom stereocenters. The molecule has 0 bridgehead atoms. The summed E-state index contributed by atoms with van der Waals surface area (Å²) in [5, 5.41) is 20.9. The lowest BCUT2D eigenvalue weighted by molar-refractivity contribution is -0.113. The fourth-order valence-corrected chi connectivity index (χ4v) is 3.43. The first kappa shape index (κ1) is 16.6. The van der Waals surface area contributed by atoms with E-state index in [1.165, 1.54) is 23.1 Å². The number of thioether (sulfide) groups is 1. The first-order chi connectivity index (χ1) is 11.5. The first-order valence-corrected chi connectivity index (χ1v) is 9.02. The number of amides is 1. The Balaban J connectivity index is 1.65. The standard InChI is InChI=1S/C15H16N6OS2/c1-9-5-4-6-11(7-9)13-18-20-15(21(13)3)23-8-12(22)16-14-19-17-10(2)24-14/h4-7H,8H2,1-3H3,(H,16,19,22). The maximum Gasteiger partial charge on any atom is 0.236 e. The molecule has 0 aliphatic carbocycles. The van der Waals surface area contributed by atoms with Gasteiger partial charge in [-0.1, -0.05) is 46.9 Å². The number of carbonyl (C=O) groups excluding carboxylic acids is 1. The fraction of sp³-hybridized carbons (Fsp3) is 0.267. The molecule has 124 valence electrons. The Morgan fingerprint density at radius 2 is 2.08 bits per heavy atom. The van der Waals surface area contributed by atoms with Crippen LogP contribution in [0.5, 0.6) is 0 Å². The van der Waals surface area contributed by atoms with Crippen molar-refractivity contribution >= 4 is 34.1 Å². The van der Waals surface area contributed by atoms with Crippen molar-refractivity contribution in [2.75, 3.05) is 11.1 Å². The van der Waals surface area contributed by atoms with Crippen molar-refractivity contribution < 1.29 is 4.79 Å². The average molecular weight is 360 g/mol. The van der Waals surface area contributed by atoms with Gasteiger partial charge in [-0.2, -0.15) is 0 Å². The van der Waals surface area contributed by atoms with Crippen LogP contribution in [0, 0.1) is 13.8 Å². The molecule has 7 nitrogen and oxygen atoms in total. The molecular weight excluding hydrogens is 344 g/mol. The molecule has 1 amide bonds. The van der Waals surface area contributed by atoms with Gasteiger partial charge in [-0.3, -0.25) is 10.1 Å². The second kappa shape index (κ2) is 7.10. The minimum atomic E-state index is -0.142. The summed E-state index contributed by atoms with van der Waals surface area (Å²) in [6, 6.07) is 8.08. The molecule has 0 aliphatic heterocycles. The van der Waals surface area contributed by atoms with Gasteiger partial charge in [0, 0.05) is 12.6 Å². The zero-order valence-corrected chi connectivity index (χ0v) is 15.1. The van der Waals surface area contributed by atoms with Crippen LogP contribution in [0.4, 0.5) is 5.13 Å². The van der Waals surface area contributed by atoms with Gasteiger partial charge < -0.3 is 4.57 Å². The fourth-order valence-electron chi connectivity index (χ4n) is 2.11. The number of nitrogens with one attached hydrogen (secondary N) is 1. The summed E-state index contributed by atoms with van der Waals surface area (Å²) in [5.41, 5.74) is 2.17. The van der Waals surface area contributed by atoms with E-state index in [-0.39, 0.29) is 11.7 Å². The van der Waals surface area contributed by atoms with Crippen LogP contribution in [-0.4, -0.2) is 36.6 Å². The summed E-state index contributed by atoms with van der Waals surface area (Å²) in [6.07, 6.45) is 0. The molecular formula is C15H16N6OS2. The minimum Gasteiger partial charge on any atom is -0.305 e. The van der Waals surface area contributed by atoms with Gasteiger partial charge in [0.05, 0.1) is 5.75 Å². The van der Waals surface area contributed by atoms with Crippen molar-refractivity contribution in [3.05, 3.63) is 34.8 Å². The van der Waals surface area contributed by atoms with Crippen molar-refractivity contribution in [3.8, 4) is 11.4 Å². The summed E-state index contributed by atoms with van der Waals surface area (Å²) in [6.45, 7) is 3.88. The highest BCUT2D eigenvalue weighted by molar-refractivity contribution is 7.99. The van der Waals surface area contributed by atoms with Crippen LogP contribution < -0.4 is 5.32 Å². The summed E-state index contributed by atoms with van der Waals surface area (Å²) in [5.74, 6) is 0.871. The average Bonchev–Trinajstić information content (AvgIpc) is 3.11. The highest BCUT2D eigenvalue weighted by Crippen LogP contribution is 2.23. The predicted octanol–water partition coefficient (Wildman–Crippen LogP) is 2.68. The van der Waals surface area contributed by atoms with Crippen LogP contribution >= 0.6 is 23.1 Å². The van der Waals surface area contributed by atoms with E-state index in [0.717, 1.165) is 22.0 Å². The monoisotopic (exact) mass is 360 g/mol. The third kappa shape index (κ3) is 3.80. The molecule has 0 saturated carbocycles. The van der Waals surface area contributed by atoms with Crippen molar-refractivity contribution in [1.29, 1.82) is 0 Å². The number of benzene rings is 1. The third-order valence-corrected chi connectivity index (χ3v) is 4.99. The molecule has 0 fully saturated rings. The van der Waals surface area contributed by atoms with E-state index in [2.05, 4.69) is 31.8 Å². The minimum absolute atomic E-state index is 0.142. The molecule has 1 N–H and O–H groups in total. The van der Waals surface area contributed by atoms with Crippen molar-refractivity contribution in [1.82, 2.24) is 25.0 Å². The number of hydrogen-bond donors (Lipinski definition) is 1. The van der Waals surface area contributed by atoms with Gasteiger partial charge in [-0.25, -0.2) is 0 Å². The van der Waals surface area contributed by atoms with Crippen molar-refractivity contribution in [3.63, 3.8) is 0 Å². The van der Waals surface area contributed by atoms with E-state index >= 15 is 0 Å². The summed E-state index contributed by atoms with van der Waals surface area (Å²) in [7, 11) is 1.89. The van der Waals surface area contributed by atoms with Gasteiger partial charge in [0.25, 0.3) is 0 Å². The lowest BCUT2D eigenvalue weighted by Gasteiger charge is -2.04. The molecule has 2 heterocycles. The largest absolute Gasteiger partial charge is 0.305 e. The SMILES string of the molecule is Cc1cccc(-c2nnc(SCC(=O)Nc3nnc(C)s3)n2C)c1. The van der Waals surface area contributed by atoms with Gasteiger partial charge in [0.1, 0.15) is 5.01 Å². The highest BCUT2D eigenvalue weighted by Gasteiger charge is 2.13. The molecule has 3 aromatic rings. The van der Waals surface area contributed by atoms with Gasteiger partial charge in [0.15, 0.2) is 11.0 Å².